The number of hydrogen-bond donors (Lipinski definition) is 3. The summed E-state index contributed by atoms with van der Waals surface area (Å²) < 4.78 is 5.38. The zero-order valence-corrected chi connectivity index (χ0v) is 19.3. The van der Waals surface area contributed by atoms with Gasteiger partial charge in [0.1, 0.15) is 0 Å². The van der Waals surface area contributed by atoms with Crippen LogP contribution < -0.4 is 10.6 Å². The fraction of sp³-hybridized carbons (Fsp3) is 0.458. The summed E-state index contributed by atoms with van der Waals surface area (Å²) in [6.07, 6.45) is 7.24. The van der Waals surface area contributed by atoms with Crippen LogP contribution in [0.3, 0.4) is 0 Å². The minimum Gasteiger partial charge on any atom is -0.381 e. The molecule has 0 unspecified atom stereocenters. The van der Waals surface area contributed by atoms with Crippen molar-refractivity contribution >= 4 is 34.4 Å². The quantitative estimate of drug-likeness (QED) is 0.513. The third-order valence-electron chi connectivity index (χ3n) is 6.53. The predicted octanol–water partition coefficient (Wildman–Crippen LogP) is 3.45. The highest BCUT2D eigenvalue weighted by Gasteiger charge is 2.24. The molecule has 5 rings (SSSR count). The summed E-state index contributed by atoms with van der Waals surface area (Å²) in [5.74, 6) is 0.731. The largest absolute Gasteiger partial charge is 0.381 e. The van der Waals surface area contributed by atoms with E-state index in [1.807, 2.05) is 29.3 Å². The lowest BCUT2D eigenvalue weighted by Gasteiger charge is -2.33. The molecule has 1 aromatic carbocycles. The van der Waals surface area contributed by atoms with Crippen molar-refractivity contribution in [2.24, 2.45) is 0 Å². The van der Waals surface area contributed by atoms with Crippen LogP contribution in [0.25, 0.3) is 22.2 Å². The molecule has 3 aromatic rings. The molecule has 8 nitrogen and oxygen atoms in total. The predicted molar refractivity (Wildman–Crippen MR) is 129 cm³/mol. The Balaban J connectivity index is 1.17. The minimum atomic E-state index is 0.171. The molecule has 1 amide bonds. The lowest BCUT2D eigenvalue weighted by atomic mass is 10.0. The molecular weight excluding hydrogens is 440 g/mol. The van der Waals surface area contributed by atoms with Gasteiger partial charge in [0.05, 0.1) is 23.5 Å². The number of carbonyl (C=O) groups excluding carboxylic acids is 1. The molecule has 0 radical (unpaired) electrons. The van der Waals surface area contributed by atoms with Gasteiger partial charge in [-0.1, -0.05) is 29.8 Å². The first-order valence-corrected chi connectivity index (χ1v) is 12.0. The molecule has 0 atom stereocenters. The first-order chi connectivity index (χ1) is 16.2. The Morgan fingerprint density at radius 3 is 2.76 bits per heavy atom. The number of carbonyl (C=O) groups is 1. The molecule has 33 heavy (non-hydrogen) atoms. The smallest absolute Gasteiger partial charge is 0.236 e. The molecule has 2 aliphatic heterocycles. The Hall–Kier alpha value is -2.68. The number of para-hydroxylation sites is 1. The average Bonchev–Trinajstić information content (AvgIpc) is 3.29. The van der Waals surface area contributed by atoms with Gasteiger partial charge in [-0.05, 0) is 31.7 Å². The average molecular weight is 469 g/mol. The van der Waals surface area contributed by atoms with Gasteiger partial charge in [0.25, 0.3) is 0 Å². The summed E-state index contributed by atoms with van der Waals surface area (Å²) >= 11 is 6.45. The van der Waals surface area contributed by atoms with Crippen molar-refractivity contribution in [3.63, 3.8) is 0 Å². The lowest BCUT2D eigenvalue weighted by molar-refractivity contribution is -0.131. The van der Waals surface area contributed by atoms with Crippen molar-refractivity contribution in [3.8, 4) is 11.3 Å². The Labute approximate surface area is 198 Å². The SMILES string of the molecule is O=C(CNC1CCOCC1)N1CCC(Nc2ncc(Cl)c(-c3c[nH]c4ccccc34)n2)CC1. The standard InChI is InChI=1S/C24H29ClN6O2/c25-20-14-28-24(30-23(20)19-13-27-21-4-2-1-3-18(19)21)29-17-5-9-31(10-6-17)22(32)15-26-16-7-11-33-12-8-16/h1-4,13-14,16-17,26-27H,5-12,15H2,(H,28,29,30). The van der Waals surface area contributed by atoms with Gasteiger partial charge in [-0.25, -0.2) is 9.97 Å². The number of rotatable bonds is 6. The summed E-state index contributed by atoms with van der Waals surface area (Å²) in [4.78, 5) is 26.9. The minimum absolute atomic E-state index is 0.171. The van der Waals surface area contributed by atoms with E-state index in [4.69, 9.17) is 21.3 Å². The molecule has 0 aliphatic carbocycles. The van der Waals surface area contributed by atoms with Crippen LogP contribution in [0.2, 0.25) is 5.02 Å². The van der Waals surface area contributed by atoms with Gasteiger partial charge in [0, 0.05) is 61.1 Å². The summed E-state index contributed by atoms with van der Waals surface area (Å²) in [6, 6.07) is 8.68. The highest BCUT2D eigenvalue weighted by atomic mass is 35.5. The van der Waals surface area contributed by atoms with Crippen LogP contribution >= 0.6 is 11.6 Å². The molecule has 4 heterocycles. The second-order valence-corrected chi connectivity index (χ2v) is 9.11. The van der Waals surface area contributed by atoms with E-state index < -0.39 is 0 Å². The van der Waals surface area contributed by atoms with Gasteiger partial charge < -0.3 is 25.3 Å². The number of amides is 1. The zero-order chi connectivity index (χ0) is 22.6. The third kappa shape index (κ3) is 5.13. The number of fused-ring (bicyclic) bond motifs is 1. The van der Waals surface area contributed by atoms with Crippen molar-refractivity contribution in [1.29, 1.82) is 0 Å². The monoisotopic (exact) mass is 468 g/mol. The Bertz CT molecular complexity index is 1110. The molecule has 2 aliphatic rings. The first kappa shape index (κ1) is 22.1. The van der Waals surface area contributed by atoms with Crippen LogP contribution in [-0.4, -0.2) is 70.7 Å². The number of halogens is 1. The van der Waals surface area contributed by atoms with Gasteiger partial charge >= 0.3 is 0 Å². The zero-order valence-electron chi connectivity index (χ0n) is 18.5. The number of anilines is 1. The van der Waals surface area contributed by atoms with E-state index in [1.54, 1.807) is 6.20 Å². The molecule has 0 bridgehead atoms. The number of H-pyrrole nitrogens is 1. The van der Waals surface area contributed by atoms with Crippen LogP contribution in [0.15, 0.2) is 36.7 Å². The highest BCUT2D eigenvalue weighted by Crippen LogP contribution is 2.32. The van der Waals surface area contributed by atoms with Gasteiger partial charge in [0.2, 0.25) is 11.9 Å². The van der Waals surface area contributed by atoms with Crippen LogP contribution in [0.1, 0.15) is 25.7 Å². The Morgan fingerprint density at radius 1 is 1.15 bits per heavy atom. The number of benzene rings is 1. The van der Waals surface area contributed by atoms with Crippen LogP contribution in [0.4, 0.5) is 5.95 Å². The number of aromatic amines is 1. The van der Waals surface area contributed by atoms with Crippen LogP contribution in [0.5, 0.6) is 0 Å². The van der Waals surface area contributed by atoms with Gasteiger partial charge in [-0.15, -0.1) is 0 Å². The Morgan fingerprint density at radius 2 is 1.94 bits per heavy atom. The molecule has 9 heteroatoms. The van der Waals surface area contributed by atoms with Crippen molar-refractivity contribution < 1.29 is 9.53 Å². The number of aromatic nitrogens is 3. The molecule has 3 N–H and O–H groups in total. The Kier molecular flexibility index (Phi) is 6.75. The summed E-state index contributed by atoms with van der Waals surface area (Å²) in [7, 11) is 0. The maximum atomic E-state index is 12.6. The molecule has 2 aromatic heterocycles. The van der Waals surface area contributed by atoms with Crippen molar-refractivity contribution in [3.05, 3.63) is 41.7 Å². The number of piperidine rings is 1. The number of nitrogens with zero attached hydrogens (tertiary/aromatic N) is 3. The number of ether oxygens (including phenoxy) is 1. The second kappa shape index (κ2) is 10.1. The van der Waals surface area contributed by atoms with Crippen molar-refractivity contribution in [2.75, 3.05) is 38.2 Å². The van der Waals surface area contributed by atoms with Gasteiger partial charge in [-0.3, -0.25) is 4.79 Å². The van der Waals surface area contributed by atoms with E-state index in [9.17, 15) is 4.79 Å². The van der Waals surface area contributed by atoms with Crippen molar-refractivity contribution in [1.82, 2.24) is 25.2 Å². The van der Waals surface area contributed by atoms with E-state index in [2.05, 4.69) is 26.7 Å². The summed E-state index contributed by atoms with van der Waals surface area (Å²) in [5.41, 5.74) is 2.71. The second-order valence-electron chi connectivity index (χ2n) is 8.71. The summed E-state index contributed by atoms with van der Waals surface area (Å²) in [6.45, 7) is 3.41. The maximum Gasteiger partial charge on any atom is 0.236 e. The topological polar surface area (TPSA) is 95.2 Å². The highest BCUT2D eigenvalue weighted by molar-refractivity contribution is 6.33. The number of hydrogen-bond acceptors (Lipinski definition) is 6. The fourth-order valence-electron chi connectivity index (χ4n) is 4.59. The van der Waals surface area contributed by atoms with Crippen LogP contribution in [0, 0.1) is 0 Å². The molecule has 2 saturated heterocycles. The van der Waals surface area contributed by atoms with Gasteiger partial charge in [-0.2, -0.15) is 0 Å². The first-order valence-electron chi connectivity index (χ1n) is 11.6. The van der Waals surface area contributed by atoms with E-state index in [-0.39, 0.29) is 11.9 Å². The summed E-state index contributed by atoms with van der Waals surface area (Å²) in [5, 5.41) is 8.42. The molecule has 2 fully saturated rings. The molecule has 174 valence electrons. The number of likely N-dealkylation sites (tertiary alicyclic amines) is 1. The molecule has 0 saturated carbocycles. The van der Waals surface area contributed by atoms with Gasteiger partial charge in [0.15, 0.2) is 0 Å². The van der Waals surface area contributed by atoms with E-state index in [1.165, 1.54) is 0 Å². The number of nitrogens with one attached hydrogen (secondary N) is 3. The molecular formula is C24H29ClN6O2. The van der Waals surface area contributed by atoms with E-state index >= 15 is 0 Å². The van der Waals surface area contributed by atoms with E-state index in [0.717, 1.165) is 68.5 Å². The normalized spacial score (nSPS) is 18.0. The van der Waals surface area contributed by atoms with Crippen molar-refractivity contribution in [2.45, 2.75) is 37.8 Å². The third-order valence-corrected chi connectivity index (χ3v) is 6.81. The van der Waals surface area contributed by atoms with E-state index in [0.29, 0.717) is 29.3 Å². The maximum absolute atomic E-state index is 12.6. The lowest BCUT2D eigenvalue weighted by Crippen LogP contribution is -2.47. The van der Waals surface area contributed by atoms with Crippen LogP contribution in [-0.2, 0) is 9.53 Å². The molecule has 0 spiro atoms. The fourth-order valence-corrected chi connectivity index (χ4v) is 4.79.